The van der Waals surface area contributed by atoms with Gasteiger partial charge in [-0.1, -0.05) is 0 Å². The summed E-state index contributed by atoms with van der Waals surface area (Å²) in [5, 5.41) is 12.5. The molecule has 1 aromatic heterocycles. The molecule has 0 fully saturated rings. The number of thiophene rings is 1. The fourth-order valence-electron chi connectivity index (χ4n) is 1.73. The number of hydrogen-bond donors (Lipinski definition) is 2. The van der Waals surface area contributed by atoms with Crippen molar-refractivity contribution in [2.24, 2.45) is 0 Å². The summed E-state index contributed by atoms with van der Waals surface area (Å²) < 4.78 is 14.0. The number of fused-ring (bicyclic) bond motifs is 1. The van der Waals surface area contributed by atoms with Crippen LogP contribution in [0.15, 0.2) is 18.2 Å². The number of hydrogen-bond acceptors (Lipinski definition) is 3. The first kappa shape index (κ1) is 13.0. The predicted molar refractivity (Wildman–Crippen MR) is 70.5 cm³/mol. The number of benzene rings is 1. The number of aryl methyl sites for hydroxylation is 1. The molecule has 0 saturated heterocycles. The summed E-state index contributed by atoms with van der Waals surface area (Å²) in [5.74, 6) is -0.533. The Bertz CT molecular complexity index is 592. The maximum absolute atomic E-state index is 13.2. The van der Waals surface area contributed by atoms with Crippen molar-refractivity contribution < 1.29 is 14.3 Å². The monoisotopic (exact) mass is 267 g/mol. The van der Waals surface area contributed by atoms with Gasteiger partial charge in [0.05, 0.1) is 11.0 Å². The first-order valence-corrected chi connectivity index (χ1v) is 6.45. The Hall–Kier alpha value is -1.46. The third-order valence-electron chi connectivity index (χ3n) is 2.66. The van der Waals surface area contributed by atoms with Crippen molar-refractivity contribution in [2.45, 2.75) is 20.0 Å². The maximum atomic E-state index is 13.2. The molecule has 0 aliphatic carbocycles. The van der Waals surface area contributed by atoms with Crippen LogP contribution in [0.3, 0.4) is 0 Å². The van der Waals surface area contributed by atoms with Crippen LogP contribution in [0.2, 0.25) is 0 Å². The second-order valence-corrected chi connectivity index (χ2v) is 5.31. The van der Waals surface area contributed by atoms with Gasteiger partial charge >= 0.3 is 0 Å². The molecule has 5 heteroatoms. The third-order valence-corrected chi connectivity index (χ3v) is 3.93. The second-order valence-electron chi connectivity index (χ2n) is 4.26. The SMILES string of the molecule is Cc1c(C(=O)NCC(C)O)sc2ccc(F)cc12. The van der Waals surface area contributed by atoms with Gasteiger partial charge in [-0.05, 0) is 43.0 Å². The van der Waals surface area contributed by atoms with Crippen LogP contribution in [-0.4, -0.2) is 23.7 Å². The van der Waals surface area contributed by atoms with E-state index in [2.05, 4.69) is 5.32 Å². The summed E-state index contributed by atoms with van der Waals surface area (Å²) in [6, 6.07) is 4.50. The number of halogens is 1. The van der Waals surface area contributed by atoms with Crippen LogP contribution >= 0.6 is 11.3 Å². The normalized spacial score (nSPS) is 12.7. The molecule has 0 aliphatic rings. The number of nitrogens with one attached hydrogen (secondary N) is 1. The zero-order valence-electron chi connectivity index (χ0n) is 10.2. The molecule has 1 heterocycles. The highest BCUT2D eigenvalue weighted by Gasteiger charge is 2.15. The highest BCUT2D eigenvalue weighted by Crippen LogP contribution is 2.31. The Morgan fingerprint density at radius 2 is 2.28 bits per heavy atom. The number of carbonyl (C=O) groups excluding carboxylic acids is 1. The van der Waals surface area contributed by atoms with Gasteiger partial charge in [0.15, 0.2) is 0 Å². The number of rotatable bonds is 3. The first-order chi connectivity index (χ1) is 8.49. The number of carbonyl (C=O) groups is 1. The molecule has 96 valence electrons. The van der Waals surface area contributed by atoms with E-state index in [1.54, 1.807) is 19.9 Å². The van der Waals surface area contributed by atoms with Gasteiger partial charge in [0.2, 0.25) is 0 Å². The second kappa shape index (κ2) is 5.04. The van der Waals surface area contributed by atoms with Crippen LogP contribution in [-0.2, 0) is 0 Å². The van der Waals surface area contributed by atoms with Crippen molar-refractivity contribution in [3.8, 4) is 0 Å². The topological polar surface area (TPSA) is 49.3 Å². The highest BCUT2D eigenvalue weighted by molar-refractivity contribution is 7.21. The summed E-state index contributed by atoms with van der Waals surface area (Å²) >= 11 is 1.33. The van der Waals surface area contributed by atoms with Gasteiger partial charge in [0.25, 0.3) is 5.91 Å². The van der Waals surface area contributed by atoms with Crippen LogP contribution in [0.1, 0.15) is 22.2 Å². The molecule has 1 aromatic carbocycles. The van der Waals surface area contributed by atoms with E-state index in [0.29, 0.717) is 4.88 Å². The smallest absolute Gasteiger partial charge is 0.261 e. The van der Waals surface area contributed by atoms with Crippen LogP contribution in [0, 0.1) is 12.7 Å². The van der Waals surface area contributed by atoms with Crippen LogP contribution < -0.4 is 5.32 Å². The minimum Gasteiger partial charge on any atom is -0.392 e. The van der Waals surface area contributed by atoms with Gasteiger partial charge < -0.3 is 10.4 Å². The van der Waals surface area contributed by atoms with Crippen molar-refractivity contribution in [3.05, 3.63) is 34.5 Å². The maximum Gasteiger partial charge on any atom is 0.261 e. The lowest BCUT2D eigenvalue weighted by atomic mass is 10.1. The third kappa shape index (κ3) is 2.52. The number of aliphatic hydroxyl groups excluding tert-OH is 1. The van der Waals surface area contributed by atoms with E-state index in [9.17, 15) is 9.18 Å². The molecule has 0 radical (unpaired) electrons. The zero-order chi connectivity index (χ0) is 13.3. The highest BCUT2D eigenvalue weighted by atomic mass is 32.1. The fourth-order valence-corrected chi connectivity index (χ4v) is 2.84. The van der Waals surface area contributed by atoms with Crippen LogP contribution in [0.25, 0.3) is 10.1 Å². The van der Waals surface area contributed by atoms with Crippen molar-refractivity contribution in [1.82, 2.24) is 5.32 Å². The molecule has 0 saturated carbocycles. The lowest BCUT2D eigenvalue weighted by Gasteiger charge is -2.06. The van der Waals surface area contributed by atoms with Gasteiger partial charge in [0, 0.05) is 11.2 Å². The van der Waals surface area contributed by atoms with E-state index >= 15 is 0 Å². The van der Waals surface area contributed by atoms with Crippen molar-refractivity contribution >= 4 is 27.3 Å². The van der Waals surface area contributed by atoms with Crippen LogP contribution in [0.5, 0.6) is 0 Å². The molecule has 3 nitrogen and oxygen atoms in total. The first-order valence-electron chi connectivity index (χ1n) is 5.64. The van der Waals surface area contributed by atoms with Gasteiger partial charge in [-0.3, -0.25) is 4.79 Å². The molecule has 1 amide bonds. The fraction of sp³-hybridized carbons (Fsp3) is 0.308. The van der Waals surface area contributed by atoms with E-state index in [-0.39, 0.29) is 18.3 Å². The summed E-state index contributed by atoms with van der Waals surface area (Å²) in [6.45, 7) is 3.61. The van der Waals surface area contributed by atoms with Gasteiger partial charge in [-0.2, -0.15) is 0 Å². The van der Waals surface area contributed by atoms with E-state index < -0.39 is 6.10 Å². The minimum atomic E-state index is -0.582. The Kier molecular flexibility index (Phi) is 3.63. The van der Waals surface area contributed by atoms with Gasteiger partial charge in [0.1, 0.15) is 5.82 Å². The quantitative estimate of drug-likeness (QED) is 0.897. The molecule has 18 heavy (non-hydrogen) atoms. The Morgan fingerprint density at radius 3 is 2.94 bits per heavy atom. The predicted octanol–water partition coefficient (Wildman–Crippen LogP) is 2.46. The molecule has 0 bridgehead atoms. The minimum absolute atomic E-state index is 0.209. The van der Waals surface area contributed by atoms with Crippen LogP contribution in [0.4, 0.5) is 4.39 Å². The van der Waals surface area contributed by atoms with Crippen molar-refractivity contribution in [1.29, 1.82) is 0 Å². The molecule has 2 rings (SSSR count). The number of aliphatic hydroxyl groups is 1. The molecule has 2 N–H and O–H groups in total. The summed E-state index contributed by atoms with van der Waals surface area (Å²) in [5.41, 5.74) is 0.776. The Labute approximate surface area is 108 Å². The molecule has 1 atom stereocenters. The molecule has 0 spiro atoms. The standard InChI is InChI=1S/C13H14FNO2S/c1-7(16)6-15-13(17)12-8(2)10-5-9(14)3-4-11(10)18-12/h3-5,7,16H,6H2,1-2H3,(H,15,17). The average molecular weight is 267 g/mol. The molecule has 1 unspecified atom stereocenters. The van der Waals surface area contributed by atoms with E-state index in [1.807, 2.05) is 0 Å². The van der Waals surface area contributed by atoms with E-state index in [4.69, 9.17) is 5.11 Å². The van der Waals surface area contributed by atoms with Crippen molar-refractivity contribution in [2.75, 3.05) is 6.54 Å². The molecule has 0 aliphatic heterocycles. The molecular formula is C13H14FNO2S. The summed E-state index contributed by atoms with van der Waals surface area (Å²) in [4.78, 5) is 12.5. The largest absolute Gasteiger partial charge is 0.392 e. The summed E-state index contributed by atoms with van der Waals surface area (Å²) in [7, 11) is 0. The van der Waals surface area contributed by atoms with Gasteiger partial charge in [-0.15, -0.1) is 11.3 Å². The Balaban J connectivity index is 2.34. The van der Waals surface area contributed by atoms with Gasteiger partial charge in [-0.25, -0.2) is 4.39 Å². The van der Waals surface area contributed by atoms with E-state index in [1.165, 1.54) is 23.5 Å². The Morgan fingerprint density at radius 1 is 1.56 bits per heavy atom. The molecule has 2 aromatic rings. The van der Waals surface area contributed by atoms with Crippen molar-refractivity contribution in [3.63, 3.8) is 0 Å². The lowest BCUT2D eigenvalue weighted by Crippen LogP contribution is -2.30. The van der Waals surface area contributed by atoms with E-state index in [0.717, 1.165) is 15.6 Å². The average Bonchev–Trinajstić information content (AvgIpc) is 2.64. The number of amides is 1. The molecular weight excluding hydrogens is 253 g/mol. The lowest BCUT2D eigenvalue weighted by molar-refractivity contribution is 0.0927. The zero-order valence-corrected chi connectivity index (χ0v) is 11.0. The summed E-state index contributed by atoms with van der Waals surface area (Å²) in [6.07, 6.45) is -0.582.